The summed E-state index contributed by atoms with van der Waals surface area (Å²) < 4.78 is 21.9. The average molecular weight is 453 g/mol. The van der Waals surface area contributed by atoms with Gasteiger partial charge in [-0.15, -0.1) is 0 Å². The zero-order valence-corrected chi connectivity index (χ0v) is 18.2. The van der Waals surface area contributed by atoms with Gasteiger partial charge in [-0.2, -0.15) is 4.98 Å². The van der Waals surface area contributed by atoms with Gasteiger partial charge in [-0.1, -0.05) is 0 Å². The summed E-state index contributed by atoms with van der Waals surface area (Å²) in [6, 6.07) is 8.32. The molecule has 0 bridgehead atoms. The van der Waals surface area contributed by atoms with Crippen molar-refractivity contribution in [3.63, 3.8) is 0 Å². The van der Waals surface area contributed by atoms with E-state index in [9.17, 15) is 9.59 Å². The summed E-state index contributed by atoms with van der Waals surface area (Å²) in [5, 5.41) is 2.72. The molecule has 1 aromatic carbocycles. The molecule has 0 spiro atoms. The molecule has 1 saturated carbocycles. The quantitative estimate of drug-likeness (QED) is 0.347. The summed E-state index contributed by atoms with van der Waals surface area (Å²) in [6.45, 7) is 0.747. The van der Waals surface area contributed by atoms with Crippen LogP contribution in [0.1, 0.15) is 12.8 Å². The molecule has 11 heteroatoms. The lowest BCUT2D eigenvalue weighted by atomic mass is 10.1. The number of hydrogen-bond donors (Lipinski definition) is 2. The van der Waals surface area contributed by atoms with Crippen molar-refractivity contribution in [2.24, 2.45) is 11.1 Å². The van der Waals surface area contributed by atoms with Gasteiger partial charge in [0.15, 0.2) is 11.3 Å². The van der Waals surface area contributed by atoms with E-state index in [-0.39, 0.29) is 11.8 Å². The van der Waals surface area contributed by atoms with E-state index in [4.69, 9.17) is 24.7 Å². The fourth-order valence-electron chi connectivity index (χ4n) is 3.17. The van der Waals surface area contributed by atoms with Crippen LogP contribution in [0.2, 0.25) is 0 Å². The van der Waals surface area contributed by atoms with Gasteiger partial charge in [-0.05, 0) is 37.1 Å². The van der Waals surface area contributed by atoms with E-state index >= 15 is 0 Å². The molecule has 3 aromatic rings. The van der Waals surface area contributed by atoms with Gasteiger partial charge in [0.05, 0.1) is 13.7 Å². The first-order chi connectivity index (χ1) is 16.0. The summed E-state index contributed by atoms with van der Waals surface area (Å²) in [5.74, 6) is 0.376. The molecule has 11 nitrogen and oxygen atoms in total. The van der Waals surface area contributed by atoms with E-state index in [2.05, 4.69) is 20.3 Å². The Morgan fingerprint density at radius 3 is 2.48 bits per heavy atom. The monoisotopic (exact) mass is 453 g/mol. The number of nitrogens with one attached hydrogen (secondary N) is 1. The Morgan fingerprint density at radius 2 is 1.85 bits per heavy atom. The van der Waals surface area contributed by atoms with Crippen molar-refractivity contribution in [2.75, 3.05) is 32.8 Å². The first-order valence-corrected chi connectivity index (χ1v) is 10.2. The van der Waals surface area contributed by atoms with Gasteiger partial charge >= 0.3 is 0 Å². The first kappa shape index (κ1) is 22.2. The van der Waals surface area contributed by atoms with Crippen molar-refractivity contribution in [3.05, 3.63) is 36.7 Å². The number of primary amides is 1. The minimum absolute atomic E-state index is 0.226. The average Bonchev–Trinajstić information content (AvgIpc) is 3.63. The highest BCUT2D eigenvalue weighted by atomic mass is 16.5. The molecule has 0 atom stereocenters. The predicted molar refractivity (Wildman–Crippen MR) is 117 cm³/mol. The number of benzene rings is 1. The minimum atomic E-state index is -1.09. The van der Waals surface area contributed by atoms with Crippen molar-refractivity contribution in [2.45, 2.75) is 12.8 Å². The van der Waals surface area contributed by atoms with Crippen LogP contribution in [0, 0.1) is 5.41 Å². The number of nitrogens with zero attached hydrogens (tertiary/aromatic N) is 3. The molecule has 1 aliphatic carbocycles. The summed E-state index contributed by atoms with van der Waals surface area (Å²) in [7, 11) is 3.07. The maximum atomic E-state index is 12.3. The maximum absolute atomic E-state index is 12.3. The predicted octanol–water partition coefficient (Wildman–Crippen LogP) is 2.05. The van der Waals surface area contributed by atoms with Gasteiger partial charge in [-0.25, -0.2) is 9.97 Å². The van der Waals surface area contributed by atoms with Crippen molar-refractivity contribution in [3.8, 4) is 23.3 Å². The first-order valence-electron chi connectivity index (χ1n) is 10.2. The lowest BCUT2D eigenvalue weighted by Gasteiger charge is -2.13. The third-order valence-electron chi connectivity index (χ3n) is 5.23. The fraction of sp³-hybridized carbons (Fsp3) is 0.318. The maximum Gasteiger partial charge on any atom is 0.257 e. The molecule has 1 aliphatic rings. The van der Waals surface area contributed by atoms with Crippen LogP contribution in [-0.4, -0.2) is 54.2 Å². The number of pyridine rings is 1. The molecule has 0 radical (unpaired) electrons. The second-order valence-electron chi connectivity index (χ2n) is 7.41. The van der Waals surface area contributed by atoms with E-state index in [0.29, 0.717) is 54.3 Å². The number of amides is 2. The van der Waals surface area contributed by atoms with E-state index in [1.165, 1.54) is 13.4 Å². The number of fused-ring (bicyclic) bond motifs is 1. The van der Waals surface area contributed by atoms with Crippen LogP contribution < -0.4 is 25.3 Å². The largest absolute Gasteiger partial charge is 0.485 e. The molecule has 2 aromatic heterocycles. The van der Waals surface area contributed by atoms with Crippen LogP contribution >= 0.6 is 0 Å². The molecule has 0 unspecified atom stereocenters. The van der Waals surface area contributed by atoms with Crippen LogP contribution in [0.25, 0.3) is 11.0 Å². The smallest absolute Gasteiger partial charge is 0.257 e. The number of aromatic nitrogens is 3. The van der Waals surface area contributed by atoms with Crippen LogP contribution in [0.3, 0.4) is 0 Å². The highest BCUT2D eigenvalue weighted by Gasteiger charge is 2.55. The number of rotatable bonds is 10. The zero-order valence-electron chi connectivity index (χ0n) is 18.2. The van der Waals surface area contributed by atoms with E-state index in [1.807, 2.05) is 0 Å². The van der Waals surface area contributed by atoms with Crippen LogP contribution in [0.5, 0.6) is 23.3 Å². The zero-order chi connectivity index (χ0) is 23.4. The van der Waals surface area contributed by atoms with Gasteiger partial charge in [0.1, 0.15) is 29.6 Å². The Bertz CT molecular complexity index is 1180. The summed E-state index contributed by atoms with van der Waals surface area (Å²) >= 11 is 0. The van der Waals surface area contributed by atoms with Crippen molar-refractivity contribution in [1.29, 1.82) is 0 Å². The Morgan fingerprint density at radius 1 is 1.09 bits per heavy atom. The number of nitrogens with two attached hydrogens (primary N) is 1. The number of hydrogen-bond acceptors (Lipinski definition) is 9. The van der Waals surface area contributed by atoms with Gasteiger partial charge < -0.3 is 30.0 Å². The lowest BCUT2D eigenvalue weighted by molar-refractivity contribution is -0.132. The van der Waals surface area contributed by atoms with Crippen LogP contribution in [-0.2, 0) is 14.3 Å². The fourth-order valence-corrected chi connectivity index (χ4v) is 3.17. The summed E-state index contributed by atoms with van der Waals surface area (Å²) in [6.07, 6.45) is 2.29. The summed E-state index contributed by atoms with van der Waals surface area (Å²) in [5.41, 5.74) is 5.67. The van der Waals surface area contributed by atoms with Crippen LogP contribution in [0.4, 0.5) is 5.69 Å². The van der Waals surface area contributed by atoms with E-state index in [1.54, 1.807) is 37.4 Å². The lowest BCUT2D eigenvalue weighted by Crippen LogP contribution is -2.36. The second-order valence-corrected chi connectivity index (χ2v) is 7.41. The molecule has 1 fully saturated rings. The van der Waals surface area contributed by atoms with Crippen molar-refractivity contribution < 1.29 is 28.5 Å². The molecule has 172 valence electrons. The molecule has 2 amide bonds. The molecule has 0 saturated heterocycles. The molecule has 33 heavy (non-hydrogen) atoms. The van der Waals surface area contributed by atoms with E-state index in [0.717, 1.165) is 0 Å². The van der Waals surface area contributed by atoms with Gasteiger partial charge in [-0.3, -0.25) is 9.59 Å². The highest BCUT2D eigenvalue weighted by Crippen LogP contribution is 2.46. The SMILES string of the molecule is COCCOc1cc2ncnc(Oc3ccc(NC(=O)C4(C(N)=O)CC4)cc3)c2nc1OC. The number of carbonyl (C=O) groups excluding carboxylic acids is 2. The standard InChI is InChI=1S/C22H23N5O6/c1-30-9-10-32-16-11-15-17(27-18(16)31-2)19(25-12-24-15)33-14-5-3-13(4-6-14)26-21(29)22(7-8-22)20(23)28/h3-6,11-12H,7-10H2,1-2H3,(H2,23,28)(H,26,29). The third-order valence-corrected chi connectivity index (χ3v) is 5.23. The van der Waals surface area contributed by atoms with Gasteiger partial charge in [0.25, 0.3) is 5.88 Å². The third kappa shape index (κ3) is 4.62. The number of methoxy groups -OCH3 is 2. The molecule has 4 rings (SSSR count). The Labute approximate surface area is 189 Å². The Balaban J connectivity index is 1.51. The Hall–Kier alpha value is -3.99. The molecular formula is C22H23N5O6. The topological polar surface area (TPSA) is 148 Å². The number of carbonyl (C=O) groups is 2. The number of anilines is 1. The highest BCUT2D eigenvalue weighted by molar-refractivity contribution is 6.12. The molecular weight excluding hydrogens is 430 g/mol. The van der Waals surface area contributed by atoms with Gasteiger partial charge in [0, 0.05) is 18.9 Å². The van der Waals surface area contributed by atoms with Crippen LogP contribution in [0.15, 0.2) is 36.7 Å². The van der Waals surface area contributed by atoms with Gasteiger partial charge in [0.2, 0.25) is 17.7 Å². The molecule has 0 aliphatic heterocycles. The second kappa shape index (κ2) is 9.25. The van der Waals surface area contributed by atoms with Crippen molar-refractivity contribution >= 4 is 28.5 Å². The minimum Gasteiger partial charge on any atom is -0.485 e. The Kier molecular flexibility index (Phi) is 6.22. The number of ether oxygens (including phenoxy) is 4. The normalized spacial score (nSPS) is 13.9. The molecule has 2 heterocycles. The summed E-state index contributed by atoms with van der Waals surface area (Å²) in [4.78, 5) is 36.7. The van der Waals surface area contributed by atoms with Crippen molar-refractivity contribution in [1.82, 2.24) is 15.0 Å². The van der Waals surface area contributed by atoms with E-state index < -0.39 is 17.2 Å². The molecule has 3 N–H and O–H groups in total.